The molecule has 0 aromatic heterocycles. The van der Waals surface area contributed by atoms with E-state index in [1.807, 2.05) is 36.4 Å². The van der Waals surface area contributed by atoms with Crippen molar-refractivity contribution in [2.75, 3.05) is 33.3 Å². The molecule has 1 aromatic carbocycles. The Labute approximate surface area is 214 Å². The van der Waals surface area contributed by atoms with Crippen LogP contribution in [0.15, 0.2) is 30.3 Å². The number of para-hydroxylation sites is 1. The molecule has 4 N–H and O–H groups in total. The van der Waals surface area contributed by atoms with Gasteiger partial charge in [0, 0.05) is 32.2 Å². The molecule has 9 heteroatoms. The van der Waals surface area contributed by atoms with Crippen LogP contribution in [0.3, 0.4) is 0 Å². The Morgan fingerprint density at radius 1 is 1.22 bits per heavy atom. The van der Waals surface area contributed by atoms with Crippen LogP contribution in [0.2, 0.25) is 0 Å². The van der Waals surface area contributed by atoms with Gasteiger partial charge in [0.15, 0.2) is 0 Å². The van der Waals surface area contributed by atoms with Crippen LogP contribution >= 0.6 is 0 Å². The van der Waals surface area contributed by atoms with Gasteiger partial charge in [0.2, 0.25) is 18.2 Å². The maximum Gasteiger partial charge on any atom is 0.245 e. The van der Waals surface area contributed by atoms with Crippen molar-refractivity contribution in [3.63, 3.8) is 0 Å². The maximum absolute atomic E-state index is 13.6. The van der Waals surface area contributed by atoms with Crippen molar-refractivity contribution in [2.24, 2.45) is 5.92 Å². The fourth-order valence-electron chi connectivity index (χ4n) is 4.70. The van der Waals surface area contributed by atoms with Crippen LogP contribution < -0.4 is 20.7 Å². The predicted molar refractivity (Wildman–Crippen MR) is 140 cm³/mol. The van der Waals surface area contributed by atoms with Gasteiger partial charge >= 0.3 is 0 Å². The van der Waals surface area contributed by atoms with Crippen LogP contribution in [0.25, 0.3) is 6.08 Å². The van der Waals surface area contributed by atoms with E-state index in [-0.39, 0.29) is 17.7 Å². The lowest BCUT2D eigenvalue weighted by atomic mass is 9.83. The van der Waals surface area contributed by atoms with Gasteiger partial charge in [-0.2, -0.15) is 0 Å². The number of ether oxygens (including phenoxy) is 1. The predicted octanol–water partition coefficient (Wildman–Crippen LogP) is 1.71. The molecule has 1 fully saturated rings. The highest BCUT2D eigenvalue weighted by Gasteiger charge is 2.37. The van der Waals surface area contributed by atoms with Crippen LogP contribution in [0.4, 0.5) is 0 Å². The summed E-state index contributed by atoms with van der Waals surface area (Å²) in [4.78, 5) is 37.9. The third-order valence-electron chi connectivity index (χ3n) is 6.49. The first-order chi connectivity index (χ1) is 17.4. The Morgan fingerprint density at radius 2 is 1.94 bits per heavy atom. The second-order valence-corrected chi connectivity index (χ2v) is 9.17. The zero-order valence-corrected chi connectivity index (χ0v) is 21.7. The third kappa shape index (κ3) is 8.95. The van der Waals surface area contributed by atoms with E-state index in [0.29, 0.717) is 38.4 Å². The van der Waals surface area contributed by atoms with Crippen LogP contribution in [0, 0.1) is 5.92 Å². The van der Waals surface area contributed by atoms with Gasteiger partial charge in [-0.25, -0.2) is 0 Å². The largest absolute Gasteiger partial charge is 0.492 e. The minimum Gasteiger partial charge on any atom is -0.492 e. The molecule has 1 saturated carbocycles. The van der Waals surface area contributed by atoms with Gasteiger partial charge in [0.1, 0.15) is 18.4 Å². The zero-order valence-electron chi connectivity index (χ0n) is 21.7. The fourth-order valence-corrected chi connectivity index (χ4v) is 4.70. The van der Waals surface area contributed by atoms with Crippen molar-refractivity contribution < 1.29 is 24.2 Å². The number of benzene rings is 1. The molecule has 1 aromatic rings. The number of carbonyl (C=O) groups is 3. The molecular formula is C27H42N4O5. The maximum atomic E-state index is 13.6. The van der Waals surface area contributed by atoms with Gasteiger partial charge < -0.3 is 30.7 Å². The quantitative estimate of drug-likeness (QED) is 0.214. The number of aliphatic hydroxyl groups excluding tert-OH is 1. The van der Waals surface area contributed by atoms with E-state index in [4.69, 9.17) is 4.74 Å². The highest BCUT2D eigenvalue weighted by Crippen LogP contribution is 2.28. The van der Waals surface area contributed by atoms with Crippen molar-refractivity contribution in [1.29, 1.82) is 0 Å². The second-order valence-electron chi connectivity index (χ2n) is 9.17. The van der Waals surface area contributed by atoms with Gasteiger partial charge in [0.25, 0.3) is 0 Å². The first-order valence-electron chi connectivity index (χ1n) is 12.9. The molecule has 0 heterocycles. The SMILES string of the molecule is CCNC(=O)C(C(C)O)N(C)C(=O)C(NCCOc1ccccc1/C=C/CNC=O)C1CCCCC1. The molecule has 0 radical (unpaired) electrons. The van der Waals surface area contributed by atoms with Gasteiger partial charge in [0.05, 0.1) is 12.1 Å². The summed E-state index contributed by atoms with van der Waals surface area (Å²) >= 11 is 0. The summed E-state index contributed by atoms with van der Waals surface area (Å²) in [5.41, 5.74) is 0.895. The van der Waals surface area contributed by atoms with E-state index < -0.39 is 18.2 Å². The number of nitrogens with one attached hydrogen (secondary N) is 3. The molecule has 0 saturated heterocycles. The number of rotatable bonds is 15. The number of hydrogen-bond donors (Lipinski definition) is 4. The Morgan fingerprint density at radius 3 is 2.61 bits per heavy atom. The van der Waals surface area contributed by atoms with Gasteiger partial charge in [-0.3, -0.25) is 14.4 Å². The summed E-state index contributed by atoms with van der Waals surface area (Å²) in [7, 11) is 1.59. The molecule has 3 atom stereocenters. The minimum atomic E-state index is -0.993. The van der Waals surface area contributed by atoms with Crippen molar-refractivity contribution in [3.05, 3.63) is 35.9 Å². The lowest BCUT2D eigenvalue weighted by molar-refractivity contribution is -0.145. The standard InChI is InChI=1S/C27H42N4O5/c1-4-29-26(34)25(20(2)33)31(3)27(35)24(22-12-6-5-7-13-22)30-17-18-36-23-15-9-8-11-21(23)14-10-16-28-19-32/h8-11,14-15,19-20,22,24-25,30,33H,4-7,12-13,16-18H2,1-3H3,(H,28,32)(H,29,34)/b14-10+. The third-order valence-corrected chi connectivity index (χ3v) is 6.49. The first-order valence-corrected chi connectivity index (χ1v) is 12.9. The minimum absolute atomic E-state index is 0.165. The summed E-state index contributed by atoms with van der Waals surface area (Å²) in [6.07, 6.45) is 8.60. The van der Waals surface area contributed by atoms with Crippen molar-refractivity contribution >= 4 is 24.3 Å². The molecule has 0 spiro atoms. The van der Waals surface area contributed by atoms with Crippen LogP contribution in [0.5, 0.6) is 5.75 Å². The highest BCUT2D eigenvalue weighted by atomic mass is 16.5. The molecule has 2 rings (SSSR count). The van der Waals surface area contributed by atoms with E-state index >= 15 is 0 Å². The summed E-state index contributed by atoms with van der Waals surface area (Å²) < 4.78 is 6.00. The number of hydrogen-bond acceptors (Lipinski definition) is 6. The smallest absolute Gasteiger partial charge is 0.245 e. The molecule has 1 aliphatic carbocycles. The Kier molecular flexibility index (Phi) is 13.0. The summed E-state index contributed by atoms with van der Waals surface area (Å²) in [6.45, 7) is 5.00. The topological polar surface area (TPSA) is 120 Å². The monoisotopic (exact) mass is 502 g/mol. The van der Waals surface area contributed by atoms with E-state index in [1.165, 1.54) is 11.8 Å². The molecule has 3 unspecified atom stereocenters. The van der Waals surface area contributed by atoms with Gasteiger partial charge in [-0.05, 0) is 38.7 Å². The summed E-state index contributed by atoms with van der Waals surface area (Å²) in [6, 6.07) is 6.21. The fraction of sp³-hybridized carbons (Fsp3) is 0.593. The molecule has 0 aliphatic heterocycles. The Balaban J connectivity index is 2.05. The van der Waals surface area contributed by atoms with Crippen LogP contribution in [-0.2, 0) is 14.4 Å². The molecule has 0 bridgehead atoms. The van der Waals surface area contributed by atoms with E-state index in [2.05, 4.69) is 16.0 Å². The average Bonchev–Trinajstić information content (AvgIpc) is 2.87. The number of likely N-dealkylation sites (N-methyl/N-ethyl adjacent to an activating group) is 2. The number of carbonyl (C=O) groups excluding carboxylic acids is 3. The number of aliphatic hydroxyl groups is 1. The van der Waals surface area contributed by atoms with E-state index in [9.17, 15) is 19.5 Å². The Hall–Kier alpha value is -2.91. The van der Waals surface area contributed by atoms with E-state index in [1.54, 1.807) is 14.0 Å². The van der Waals surface area contributed by atoms with Crippen LogP contribution in [-0.4, -0.2) is 79.7 Å². The summed E-state index contributed by atoms with van der Waals surface area (Å²) in [5, 5.41) is 19.0. The van der Waals surface area contributed by atoms with Crippen molar-refractivity contribution in [1.82, 2.24) is 20.9 Å². The van der Waals surface area contributed by atoms with E-state index in [0.717, 1.165) is 37.7 Å². The molecule has 36 heavy (non-hydrogen) atoms. The van der Waals surface area contributed by atoms with Crippen LogP contribution in [0.1, 0.15) is 51.5 Å². The Bertz CT molecular complexity index is 854. The first kappa shape index (κ1) is 29.3. The zero-order chi connectivity index (χ0) is 26.3. The summed E-state index contributed by atoms with van der Waals surface area (Å²) in [5.74, 6) is 0.329. The van der Waals surface area contributed by atoms with Crippen molar-refractivity contribution in [2.45, 2.75) is 64.1 Å². The lowest BCUT2D eigenvalue weighted by Crippen LogP contribution is -2.59. The average molecular weight is 503 g/mol. The normalized spacial score (nSPS) is 16.7. The highest BCUT2D eigenvalue weighted by molar-refractivity contribution is 5.90. The van der Waals surface area contributed by atoms with Gasteiger partial charge in [-0.1, -0.05) is 49.6 Å². The molecule has 9 nitrogen and oxygen atoms in total. The number of amides is 3. The second kappa shape index (κ2) is 16.0. The molecular weight excluding hydrogens is 460 g/mol. The van der Waals surface area contributed by atoms with Crippen molar-refractivity contribution in [3.8, 4) is 5.75 Å². The van der Waals surface area contributed by atoms with Gasteiger partial charge in [-0.15, -0.1) is 0 Å². The lowest BCUT2D eigenvalue weighted by Gasteiger charge is -2.36. The number of nitrogens with zero attached hydrogens (tertiary/aromatic N) is 1. The molecule has 200 valence electrons. The molecule has 1 aliphatic rings. The molecule has 3 amide bonds.